The zero-order valence-corrected chi connectivity index (χ0v) is 19.9. The Bertz CT molecular complexity index is 776. The van der Waals surface area contributed by atoms with Crippen LogP contribution in [0.3, 0.4) is 0 Å². The first-order chi connectivity index (χ1) is 14.8. The summed E-state index contributed by atoms with van der Waals surface area (Å²) < 4.78 is 41.6. The molecule has 0 aliphatic heterocycles. The fourth-order valence-electron chi connectivity index (χ4n) is 3.70. The summed E-state index contributed by atoms with van der Waals surface area (Å²) in [6, 6.07) is 7.80. The summed E-state index contributed by atoms with van der Waals surface area (Å²) in [5, 5.41) is 0. The molecule has 0 bridgehead atoms. The number of amides is 1. The molecule has 1 aliphatic rings. The molecule has 0 heterocycles. The van der Waals surface area contributed by atoms with E-state index in [1.54, 1.807) is 6.92 Å². The van der Waals surface area contributed by atoms with Crippen LogP contribution in [0.15, 0.2) is 24.3 Å². The Hall–Kier alpha value is -1.80. The smallest absolute Gasteiger partial charge is 0.411 e. The highest BCUT2D eigenvalue weighted by molar-refractivity contribution is 7.91. The second-order valence-corrected chi connectivity index (χ2v) is 10.3. The minimum atomic E-state index is -3.22. The van der Waals surface area contributed by atoms with Crippen molar-refractivity contribution in [2.75, 3.05) is 38.0 Å². The van der Waals surface area contributed by atoms with Crippen molar-refractivity contribution in [1.29, 1.82) is 0 Å². The van der Waals surface area contributed by atoms with E-state index in [0.717, 1.165) is 24.2 Å². The van der Waals surface area contributed by atoms with E-state index in [1.165, 1.54) is 17.7 Å². The molecule has 0 saturated heterocycles. The third kappa shape index (κ3) is 9.07. The van der Waals surface area contributed by atoms with Crippen LogP contribution in [0.2, 0.25) is 0 Å². The van der Waals surface area contributed by atoms with Crippen molar-refractivity contribution in [1.82, 2.24) is 4.90 Å². The number of hydrogen-bond donors (Lipinski definition) is 0. The van der Waals surface area contributed by atoms with Crippen LogP contribution in [0, 0.1) is 0 Å². The van der Waals surface area contributed by atoms with E-state index >= 15 is 0 Å². The van der Waals surface area contributed by atoms with Gasteiger partial charge in [0.1, 0.15) is 12.5 Å². The van der Waals surface area contributed by atoms with Crippen molar-refractivity contribution in [3.63, 3.8) is 0 Å². The molecule has 0 radical (unpaired) electrons. The van der Waals surface area contributed by atoms with Crippen LogP contribution >= 0.6 is 0 Å². The van der Waals surface area contributed by atoms with Gasteiger partial charge in [-0.1, -0.05) is 19.1 Å². The van der Waals surface area contributed by atoms with Gasteiger partial charge in [-0.25, -0.2) is 13.2 Å². The zero-order valence-electron chi connectivity index (χ0n) is 19.0. The first-order valence-electron chi connectivity index (χ1n) is 11.3. The van der Waals surface area contributed by atoms with Crippen LogP contribution in [0.25, 0.3) is 0 Å². The van der Waals surface area contributed by atoms with Gasteiger partial charge in [0.05, 0.1) is 24.2 Å². The predicted molar refractivity (Wildman–Crippen MR) is 121 cm³/mol. The maximum atomic E-state index is 12.6. The number of hydrogen-bond acceptors (Lipinski definition) is 6. The van der Waals surface area contributed by atoms with Gasteiger partial charge in [0.15, 0.2) is 9.84 Å². The maximum Gasteiger partial charge on any atom is 0.411 e. The third-order valence-electron chi connectivity index (χ3n) is 5.43. The van der Waals surface area contributed by atoms with E-state index in [4.69, 9.17) is 14.2 Å². The van der Waals surface area contributed by atoms with E-state index in [1.807, 2.05) is 38.1 Å². The normalized spacial score (nSPS) is 15.6. The quantitative estimate of drug-likeness (QED) is 0.324. The topological polar surface area (TPSA) is 82.1 Å². The highest BCUT2D eigenvalue weighted by Crippen LogP contribution is 2.27. The molecule has 176 valence electrons. The molecular formula is C23H37NO6S. The van der Waals surface area contributed by atoms with Crippen molar-refractivity contribution < 1.29 is 27.4 Å². The van der Waals surface area contributed by atoms with Gasteiger partial charge in [0.25, 0.3) is 0 Å². The predicted octanol–water partition coefficient (Wildman–Crippen LogP) is 4.37. The Morgan fingerprint density at radius 1 is 1.23 bits per heavy atom. The largest absolute Gasteiger partial charge is 0.490 e. The minimum absolute atomic E-state index is 0.0567. The molecule has 1 atom stereocenters. The molecule has 31 heavy (non-hydrogen) atoms. The van der Waals surface area contributed by atoms with Crippen LogP contribution in [0.4, 0.5) is 4.79 Å². The van der Waals surface area contributed by atoms with Crippen LogP contribution in [0.5, 0.6) is 5.75 Å². The summed E-state index contributed by atoms with van der Waals surface area (Å²) >= 11 is 0. The minimum Gasteiger partial charge on any atom is -0.490 e. The van der Waals surface area contributed by atoms with Gasteiger partial charge in [-0.2, -0.15) is 0 Å². The van der Waals surface area contributed by atoms with Gasteiger partial charge >= 0.3 is 6.09 Å². The van der Waals surface area contributed by atoms with E-state index in [-0.39, 0.29) is 36.9 Å². The highest BCUT2D eigenvalue weighted by Gasteiger charge is 2.20. The fraction of sp³-hybridized carbons (Fsp3) is 0.696. The Labute approximate surface area is 187 Å². The number of nitrogens with zero attached hydrogens (tertiary/aromatic N) is 1. The van der Waals surface area contributed by atoms with Crippen LogP contribution in [-0.2, 0) is 19.3 Å². The lowest BCUT2D eigenvalue weighted by atomic mass is 10.0. The summed E-state index contributed by atoms with van der Waals surface area (Å²) in [6.45, 7) is 6.66. The molecule has 2 rings (SSSR count). The Morgan fingerprint density at radius 3 is 2.65 bits per heavy atom. The van der Waals surface area contributed by atoms with Gasteiger partial charge in [-0.3, -0.25) is 4.90 Å². The van der Waals surface area contributed by atoms with Gasteiger partial charge in [-0.15, -0.1) is 0 Å². The molecule has 7 nitrogen and oxygen atoms in total. The molecule has 1 aromatic rings. The summed E-state index contributed by atoms with van der Waals surface area (Å²) in [5.41, 5.74) is 0.975. The van der Waals surface area contributed by atoms with Gasteiger partial charge in [0, 0.05) is 13.2 Å². The second-order valence-electron chi connectivity index (χ2n) is 8.06. The van der Waals surface area contributed by atoms with E-state index in [9.17, 15) is 13.2 Å². The average molecular weight is 456 g/mol. The molecule has 0 spiro atoms. The lowest BCUT2D eigenvalue weighted by Gasteiger charge is -2.19. The Balaban J connectivity index is 1.75. The van der Waals surface area contributed by atoms with Gasteiger partial charge in [0.2, 0.25) is 0 Å². The molecule has 8 heteroatoms. The van der Waals surface area contributed by atoms with Crippen LogP contribution < -0.4 is 4.74 Å². The molecule has 0 aromatic heterocycles. The van der Waals surface area contributed by atoms with Crippen molar-refractivity contribution >= 4 is 15.9 Å². The van der Waals surface area contributed by atoms with Crippen molar-refractivity contribution in [2.45, 2.75) is 64.9 Å². The fourth-order valence-corrected chi connectivity index (χ4v) is 5.38. The van der Waals surface area contributed by atoms with Gasteiger partial charge in [-0.05, 0) is 69.6 Å². The molecule has 0 unspecified atom stereocenters. The first-order valence-corrected chi connectivity index (χ1v) is 13.1. The van der Waals surface area contributed by atoms with Crippen molar-refractivity contribution in [3.8, 4) is 5.75 Å². The number of carbonyl (C=O) groups is 1. The summed E-state index contributed by atoms with van der Waals surface area (Å²) in [4.78, 5) is 13.1. The van der Waals surface area contributed by atoms with Crippen LogP contribution in [-0.4, -0.2) is 63.5 Å². The second kappa shape index (κ2) is 12.9. The Morgan fingerprint density at radius 2 is 1.97 bits per heavy atom. The van der Waals surface area contributed by atoms with E-state index in [0.29, 0.717) is 19.6 Å². The maximum absolute atomic E-state index is 12.6. The van der Waals surface area contributed by atoms with Crippen molar-refractivity contribution in [3.05, 3.63) is 29.8 Å². The number of sulfone groups is 1. The SMILES string of the molecule is CCOC(=O)N(CC)COCCCS(=O)(=O)C[C@H](C)c1cccc(OC2CCCC2)c1. The summed E-state index contributed by atoms with van der Waals surface area (Å²) in [7, 11) is -3.22. The molecule has 1 aromatic carbocycles. The summed E-state index contributed by atoms with van der Waals surface area (Å²) in [6.07, 6.45) is 4.84. The first kappa shape index (κ1) is 25.5. The molecule has 1 aliphatic carbocycles. The molecule has 1 fully saturated rings. The lowest BCUT2D eigenvalue weighted by molar-refractivity contribution is 0.0235. The van der Waals surface area contributed by atoms with Gasteiger partial charge < -0.3 is 14.2 Å². The average Bonchev–Trinajstić information content (AvgIpc) is 3.23. The van der Waals surface area contributed by atoms with Crippen LogP contribution in [0.1, 0.15) is 64.4 Å². The molecule has 1 saturated carbocycles. The van der Waals surface area contributed by atoms with Crippen molar-refractivity contribution in [2.24, 2.45) is 0 Å². The standard InChI is InChI=1S/C23H37NO6S/c1-4-24(23(25)29-5-2)18-28-14-9-15-31(26,27)17-19(3)20-10-8-13-22(16-20)30-21-11-6-7-12-21/h8,10,13,16,19,21H,4-7,9,11-12,14-15,17-18H2,1-3H3/t19-/m0/s1. The molecule has 0 N–H and O–H groups in total. The molecule has 1 amide bonds. The zero-order chi connectivity index (χ0) is 22.7. The number of carbonyl (C=O) groups excluding carboxylic acids is 1. The van der Waals surface area contributed by atoms with E-state index in [2.05, 4.69) is 0 Å². The Kier molecular flexibility index (Phi) is 10.6. The lowest BCUT2D eigenvalue weighted by Crippen LogP contribution is -2.33. The monoisotopic (exact) mass is 455 g/mol. The highest BCUT2D eigenvalue weighted by atomic mass is 32.2. The summed E-state index contributed by atoms with van der Waals surface area (Å²) in [5.74, 6) is 0.854. The van der Waals surface area contributed by atoms with E-state index < -0.39 is 15.9 Å². The number of benzene rings is 1. The number of rotatable bonds is 13. The molecular weight excluding hydrogens is 418 g/mol. The number of ether oxygens (including phenoxy) is 3. The third-order valence-corrected chi connectivity index (χ3v) is 7.35.